The molecule has 47 heavy (non-hydrogen) atoms. The molecule has 0 atom stereocenters. The first-order valence-corrected chi connectivity index (χ1v) is 16.2. The van der Waals surface area contributed by atoms with Gasteiger partial charge in [0.1, 0.15) is 0 Å². The SMILES string of the molecule is c1ccc(-c2nc(-c3ccccc3)nc(-c3cccc(-c4cc(-c5cccc6sc7cccnc7c56)c5ncccc5c4)c3)n2)cc1. The molecule has 9 aromatic rings. The third kappa shape index (κ3) is 4.92. The molecule has 5 aromatic carbocycles. The van der Waals surface area contributed by atoms with E-state index < -0.39 is 0 Å². The van der Waals surface area contributed by atoms with E-state index in [0.29, 0.717) is 17.5 Å². The van der Waals surface area contributed by atoms with Crippen molar-refractivity contribution < 1.29 is 0 Å². The molecule has 4 heterocycles. The topological polar surface area (TPSA) is 64.5 Å². The first-order chi connectivity index (χ1) is 23.3. The second-order valence-electron chi connectivity index (χ2n) is 11.3. The van der Waals surface area contributed by atoms with Gasteiger partial charge in [0.15, 0.2) is 17.5 Å². The summed E-state index contributed by atoms with van der Waals surface area (Å²) in [7, 11) is 0. The summed E-state index contributed by atoms with van der Waals surface area (Å²) in [6.07, 6.45) is 3.74. The lowest BCUT2D eigenvalue weighted by atomic mass is 9.93. The van der Waals surface area contributed by atoms with Crippen LogP contribution in [0.1, 0.15) is 0 Å². The largest absolute Gasteiger partial charge is 0.256 e. The van der Waals surface area contributed by atoms with Crippen molar-refractivity contribution in [1.29, 1.82) is 0 Å². The highest BCUT2D eigenvalue weighted by Crippen LogP contribution is 2.42. The highest BCUT2D eigenvalue weighted by Gasteiger charge is 2.17. The molecular formula is C41H25N5S. The van der Waals surface area contributed by atoms with Gasteiger partial charge in [-0.05, 0) is 59.2 Å². The predicted octanol–water partition coefficient (Wildman–Crippen LogP) is 10.5. The third-order valence-electron chi connectivity index (χ3n) is 8.40. The fraction of sp³-hybridized carbons (Fsp3) is 0. The summed E-state index contributed by atoms with van der Waals surface area (Å²) in [6, 6.07) is 47.8. The summed E-state index contributed by atoms with van der Waals surface area (Å²) in [5.74, 6) is 1.91. The number of hydrogen-bond acceptors (Lipinski definition) is 6. The van der Waals surface area contributed by atoms with Gasteiger partial charge >= 0.3 is 0 Å². The summed E-state index contributed by atoms with van der Waals surface area (Å²) in [5.41, 5.74) is 9.17. The highest BCUT2D eigenvalue weighted by atomic mass is 32.1. The van der Waals surface area contributed by atoms with Crippen LogP contribution in [-0.4, -0.2) is 24.9 Å². The first-order valence-electron chi connectivity index (χ1n) is 15.4. The van der Waals surface area contributed by atoms with Crippen LogP contribution in [0, 0.1) is 0 Å². The molecule has 0 saturated heterocycles. The zero-order valence-electron chi connectivity index (χ0n) is 25.1. The molecule has 0 saturated carbocycles. The van der Waals surface area contributed by atoms with Gasteiger partial charge in [-0.15, -0.1) is 11.3 Å². The number of aromatic nitrogens is 5. The van der Waals surface area contributed by atoms with Crippen LogP contribution in [0.25, 0.3) is 87.6 Å². The second kappa shape index (κ2) is 11.4. The van der Waals surface area contributed by atoms with Crippen molar-refractivity contribution in [3.8, 4) is 56.4 Å². The smallest absolute Gasteiger partial charge is 0.164 e. The molecule has 0 aliphatic heterocycles. The number of rotatable bonds is 5. The Labute approximate surface area is 275 Å². The number of pyridine rings is 2. The van der Waals surface area contributed by atoms with E-state index in [4.69, 9.17) is 24.9 Å². The lowest BCUT2D eigenvalue weighted by Crippen LogP contribution is -2.00. The van der Waals surface area contributed by atoms with Gasteiger partial charge in [0.25, 0.3) is 0 Å². The van der Waals surface area contributed by atoms with Gasteiger partial charge < -0.3 is 0 Å². The molecule has 0 aliphatic carbocycles. The summed E-state index contributed by atoms with van der Waals surface area (Å²) in [6.45, 7) is 0. The maximum atomic E-state index is 4.97. The van der Waals surface area contributed by atoms with Crippen LogP contribution in [-0.2, 0) is 0 Å². The molecule has 0 N–H and O–H groups in total. The van der Waals surface area contributed by atoms with Crippen molar-refractivity contribution in [3.63, 3.8) is 0 Å². The zero-order valence-corrected chi connectivity index (χ0v) is 25.9. The molecular weight excluding hydrogens is 595 g/mol. The fourth-order valence-corrected chi connectivity index (χ4v) is 7.29. The molecule has 9 rings (SSSR count). The molecule has 0 radical (unpaired) electrons. The molecule has 0 fully saturated rings. The van der Waals surface area contributed by atoms with E-state index in [-0.39, 0.29) is 0 Å². The van der Waals surface area contributed by atoms with Crippen molar-refractivity contribution in [2.75, 3.05) is 0 Å². The Kier molecular flexibility index (Phi) is 6.58. The van der Waals surface area contributed by atoms with Gasteiger partial charge in [0, 0.05) is 50.1 Å². The second-order valence-corrected chi connectivity index (χ2v) is 12.4. The van der Waals surface area contributed by atoms with Crippen molar-refractivity contribution in [3.05, 3.63) is 152 Å². The molecule has 0 spiro atoms. The van der Waals surface area contributed by atoms with E-state index in [1.54, 1.807) is 11.3 Å². The Morgan fingerprint density at radius 2 is 0.979 bits per heavy atom. The van der Waals surface area contributed by atoms with E-state index in [1.807, 2.05) is 85.2 Å². The number of fused-ring (bicyclic) bond motifs is 4. The number of hydrogen-bond donors (Lipinski definition) is 0. The minimum Gasteiger partial charge on any atom is -0.256 e. The highest BCUT2D eigenvalue weighted by molar-refractivity contribution is 7.25. The molecule has 0 unspecified atom stereocenters. The zero-order chi connectivity index (χ0) is 31.2. The van der Waals surface area contributed by atoms with Gasteiger partial charge in [-0.1, -0.05) is 97.1 Å². The minimum absolute atomic E-state index is 0.628. The van der Waals surface area contributed by atoms with Crippen molar-refractivity contribution in [2.45, 2.75) is 0 Å². The Hall–Kier alpha value is -6.11. The van der Waals surface area contributed by atoms with Gasteiger partial charge in [-0.25, -0.2) is 15.0 Å². The van der Waals surface area contributed by atoms with Gasteiger partial charge in [-0.3, -0.25) is 9.97 Å². The van der Waals surface area contributed by atoms with Crippen LogP contribution in [0.2, 0.25) is 0 Å². The summed E-state index contributed by atoms with van der Waals surface area (Å²) >= 11 is 1.77. The van der Waals surface area contributed by atoms with Crippen molar-refractivity contribution in [2.24, 2.45) is 0 Å². The van der Waals surface area contributed by atoms with E-state index in [2.05, 4.69) is 66.7 Å². The van der Waals surface area contributed by atoms with Gasteiger partial charge in [0.2, 0.25) is 0 Å². The van der Waals surface area contributed by atoms with Crippen molar-refractivity contribution >= 4 is 42.5 Å². The van der Waals surface area contributed by atoms with Crippen LogP contribution in [0.3, 0.4) is 0 Å². The van der Waals surface area contributed by atoms with Gasteiger partial charge in [-0.2, -0.15) is 0 Å². The number of nitrogens with zero attached hydrogens (tertiary/aromatic N) is 5. The van der Waals surface area contributed by atoms with Crippen LogP contribution in [0.15, 0.2) is 152 Å². The average molecular weight is 620 g/mol. The Bertz CT molecular complexity index is 2520. The third-order valence-corrected chi connectivity index (χ3v) is 9.51. The van der Waals surface area contributed by atoms with Crippen LogP contribution < -0.4 is 0 Å². The lowest BCUT2D eigenvalue weighted by molar-refractivity contribution is 1.07. The summed E-state index contributed by atoms with van der Waals surface area (Å²) < 4.78 is 2.39. The average Bonchev–Trinajstić information content (AvgIpc) is 3.54. The van der Waals surface area contributed by atoms with Crippen LogP contribution in [0.4, 0.5) is 0 Å². The Balaban J connectivity index is 1.22. The predicted molar refractivity (Wildman–Crippen MR) is 193 cm³/mol. The van der Waals surface area contributed by atoms with E-state index in [0.717, 1.165) is 60.8 Å². The molecule has 6 heteroatoms. The van der Waals surface area contributed by atoms with E-state index in [9.17, 15) is 0 Å². The van der Waals surface area contributed by atoms with Gasteiger partial charge in [0.05, 0.1) is 15.7 Å². The monoisotopic (exact) mass is 619 g/mol. The quantitative estimate of drug-likeness (QED) is 0.192. The fourth-order valence-electron chi connectivity index (χ4n) is 6.20. The standard InChI is InChI=1S/C41H25N5S/c1-3-11-26(12-4-1)39-44-40(27-13-5-2-6-14-27)46-41(45-39)30-16-7-15-28(23-30)31-24-29-17-9-21-42-37(29)33(25-31)32-18-8-19-34-36(32)38-35(47-34)20-10-22-43-38/h1-25H. The summed E-state index contributed by atoms with van der Waals surface area (Å²) in [4.78, 5) is 24.5. The van der Waals surface area contributed by atoms with Crippen molar-refractivity contribution in [1.82, 2.24) is 24.9 Å². The normalized spacial score (nSPS) is 11.4. The van der Waals surface area contributed by atoms with Crippen LogP contribution >= 0.6 is 11.3 Å². The molecule has 0 aliphatic rings. The maximum Gasteiger partial charge on any atom is 0.164 e. The molecule has 220 valence electrons. The Morgan fingerprint density at radius 3 is 1.72 bits per heavy atom. The lowest BCUT2D eigenvalue weighted by Gasteiger charge is -2.13. The molecule has 0 amide bonds. The van der Waals surface area contributed by atoms with E-state index >= 15 is 0 Å². The summed E-state index contributed by atoms with van der Waals surface area (Å²) in [5, 5.41) is 2.24. The molecule has 4 aromatic heterocycles. The molecule has 0 bridgehead atoms. The number of thiophene rings is 1. The first kappa shape index (κ1) is 27.2. The van der Waals surface area contributed by atoms with Crippen LogP contribution in [0.5, 0.6) is 0 Å². The number of benzene rings is 5. The van der Waals surface area contributed by atoms with E-state index in [1.165, 1.54) is 9.40 Å². The minimum atomic E-state index is 0.628. The molecule has 5 nitrogen and oxygen atoms in total. The maximum absolute atomic E-state index is 4.97. The Morgan fingerprint density at radius 1 is 0.383 bits per heavy atom.